The molecule has 20 heavy (non-hydrogen) atoms. The van der Waals surface area contributed by atoms with Crippen molar-refractivity contribution in [3.63, 3.8) is 0 Å². The Balaban J connectivity index is 2.01. The summed E-state index contributed by atoms with van der Waals surface area (Å²) in [6.07, 6.45) is 1.06. The van der Waals surface area contributed by atoms with Crippen molar-refractivity contribution in [1.29, 1.82) is 0 Å². The van der Waals surface area contributed by atoms with Gasteiger partial charge in [-0.25, -0.2) is 4.68 Å². The predicted molar refractivity (Wildman–Crippen MR) is 73.4 cm³/mol. The van der Waals surface area contributed by atoms with Crippen molar-refractivity contribution in [3.05, 3.63) is 47.2 Å². The molecule has 1 atom stereocenters. The van der Waals surface area contributed by atoms with Crippen molar-refractivity contribution in [2.24, 2.45) is 12.8 Å². The normalized spacial score (nSPS) is 18.2. The van der Waals surface area contributed by atoms with Gasteiger partial charge in [0.05, 0.1) is 11.7 Å². The molecule has 2 heterocycles. The highest BCUT2D eigenvalue weighted by atomic mass is 16.5. The van der Waals surface area contributed by atoms with Crippen LogP contribution in [0.15, 0.2) is 30.3 Å². The highest BCUT2D eigenvalue weighted by Crippen LogP contribution is 2.29. The standard InChI is InChI=1S/C14H16N4O2/c1-17-13-10(8-11(15)14(19)18(13)20)12(16-17)7-9-5-3-2-4-6-9/h2-6,11,20H,7-8,15H2,1H3/t11-/m0/s1. The van der Waals surface area contributed by atoms with E-state index in [1.807, 2.05) is 30.3 Å². The molecule has 0 saturated carbocycles. The fourth-order valence-electron chi connectivity index (χ4n) is 2.59. The average Bonchev–Trinajstić information content (AvgIpc) is 2.73. The quantitative estimate of drug-likeness (QED) is 0.785. The molecule has 0 radical (unpaired) electrons. The number of hydrogen-bond donors (Lipinski definition) is 2. The third-order valence-electron chi connectivity index (χ3n) is 3.56. The van der Waals surface area contributed by atoms with Crippen molar-refractivity contribution in [1.82, 2.24) is 9.78 Å². The van der Waals surface area contributed by atoms with Crippen LogP contribution in [0.4, 0.5) is 5.82 Å². The Morgan fingerprint density at radius 3 is 2.80 bits per heavy atom. The topological polar surface area (TPSA) is 84.4 Å². The maximum atomic E-state index is 11.7. The van der Waals surface area contributed by atoms with Gasteiger partial charge in [-0.15, -0.1) is 0 Å². The molecule has 0 unspecified atom stereocenters. The van der Waals surface area contributed by atoms with Crippen molar-refractivity contribution in [2.45, 2.75) is 18.9 Å². The Labute approximate surface area is 116 Å². The molecule has 0 spiro atoms. The first-order valence-electron chi connectivity index (χ1n) is 6.45. The van der Waals surface area contributed by atoms with E-state index < -0.39 is 11.9 Å². The summed E-state index contributed by atoms with van der Waals surface area (Å²) in [6, 6.07) is 9.22. The largest absolute Gasteiger partial charge is 0.320 e. The molecule has 6 nitrogen and oxygen atoms in total. The van der Waals surface area contributed by atoms with E-state index in [1.54, 1.807) is 7.05 Å². The van der Waals surface area contributed by atoms with E-state index >= 15 is 0 Å². The number of carbonyl (C=O) groups is 1. The van der Waals surface area contributed by atoms with E-state index in [0.717, 1.165) is 16.8 Å². The van der Waals surface area contributed by atoms with Gasteiger partial charge >= 0.3 is 0 Å². The molecule has 0 fully saturated rings. The monoisotopic (exact) mass is 272 g/mol. The number of aromatic nitrogens is 2. The molecule has 6 heteroatoms. The third-order valence-corrected chi connectivity index (χ3v) is 3.56. The van der Waals surface area contributed by atoms with E-state index in [1.165, 1.54) is 4.68 Å². The van der Waals surface area contributed by atoms with Gasteiger partial charge in [-0.2, -0.15) is 10.2 Å². The van der Waals surface area contributed by atoms with Crippen molar-refractivity contribution in [3.8, 4) is 0 Å². The number of nitrogens with zero attached hydrogens (tertiary/aromatic N) is 3. The number of aryl methyl sites for hydroxylation is 1. The molecule has 3 rings (SSSR count). The summed E-state index contributed by atoms with van der Waals surface area (Å²) in [7, 11) is 1.71. The number of anilines is 1. The number of amides is 1. The first kappa shape index (κ1) is 12.8. The summed E-state index contributed by atoms with van der Waals surface area (Å²) in [6.45, 7) is 0. The van der Waals surface area contributed by atoms with E-state index in [4.69, 9.17) is 5.73 Å². The van der Waals surface area contributed by atoms with Crippen LogP contribution in [0.3, 0.4) is 0 Å². The number of fused-ring (bicyclic) bond motifs is 1. The molecule has 0 bridgehead atoms. The van der Waals surface area contributed by atoms with Gasteiger partial charge in [0, 0.05) is 25.5 Å². The van der Waals surface area contributed by atoms with Crippen LogP contribution in [-0.2, 0) is 24.7 Å². The molecule has 2 aromatic rings. The minimum Gasteiger partial charge on any atom is -0.320 e. The van der Waals surface area contributed by atoms with Crippen LogP contribution in [-0.4, -0.2) is 26.9 Å². The van der Waals surface area contributed by atoms with Crippen LogP contribution < -0.4 is 10.8 Å². The number of nitrogens with two attached hydrogens (primary N) is 1. The molecule has 0 aliphatic carbocycles. The van der Waals surface area contributed by atoms with Gasteiger partial charge in [-0.1, -0.05) is 30.3 Å². The number of benzene rings is 1. The van der Waals surface area contributed by atoms with Gasteiger partial charge in [0.2, 0.25) is 0 Å². The van der Waals surface area contributed by atoms with Crippen LogP contribution in [0.1, 0.15) is 16.8 Å². The van der Waals surface area contributed by atoms with E-state index in [-0.39, 0.29) is 0 Å². The van der Waals surface area contributed by atoms with Gasteiger partial charge < -0.3 is 5.73 Å². The molecule has 1 aliphatic rings. The van der Waals surface area contributed by atoms with E-state index in [2.05, 4.69) is 5.10 Å². The molecule has 1 amide bonds. The second-order valence-corrected chi connectivity index (χ2v) is 5.00. The minimum atomic E-state index is -0.716. The maximum Gasteiger partial charge on any atom is 0.269 e. The molecule has 1 aromatic heterocycles. The number of rotatable bonds is 2. The van der Waals surface area contributed by atoms with Gasteiger partial charge in [0.15, 0.2) is 5.82 Å². The summed E-state index contributed by atoms with van der Waals surface area (Å²) in [5.41, 5.74) is 8.58. The number of hydroxylamine groups is 1. The Morgan fingerprint density at radius 2 is 2.10 bits per heavy atom. The fourth-order valence-corrected chi connectivity index (χ4v) is 2.59. The van der Waals surface area contributed by atoms with Crippen LogP contribution in [0.25, 0.3) is 0 Å². The average molecular weight is 272 g/mol. The van der Waals surface area contributed by atoms with Crippen molar-refractivity contribution in [2.75, 3.05) is 5.06 Å². The Hall–Kier alpha value is -2.18. The lowest BCUT2D eigenvalue weighted by Crippen LogP contribution is -2.47. The lowest BCUT2D eigenvalue weighted by molar-refractivity contribution is -0.125. The molecule has 3 N–H and O–H groups in total. The summed E-state index contributed by atoms with van der Waals surface area (Å²) in [5.74, 6) is -0.0746. The zero-order valence-corrected chi connectivity index (χ0v) is 11.2. The molecule has 0 saturated heterocycles. The summed E-state index contributed by atoms with van der Waals surface area (Å²) in [4.78, 5) is 11.7. The van der Waals surface area contributed by atoms with Gasteiger partial charge in [-0.3, -0.25) is 10.0 Å². The molecule has 104 valence electrons. The summed E-state index contributed by atoms with van der Waals surface area (Å²) < 4.78 is 1.53. The van der Waals surface area contributed by atoms with E-state index in [9.17, 15) is 10.0 Å². The fraction of sp³-hybridized carbons (Fsp3) is 0.286. The van der Waals surface area contributed by atoms with Gasteiger partial charge in [0.25, 0.3) is 5.91 Å². The Morgan fingerprint density at radius 1 is 1.40 bits per heavy atom. The first-order chi connectivity index (χ1) is 9.58. The van der Waals surface area contributed by atoms with Gasteiger partial charge in [0.1, 0.15) is 0 Å². The summed E-state index contributed by atoms with van der Waals surface area (Å²) >= 11 is 0. The summed E-state index contributed by atoms with van der Waals surface area (Å²) in [5, 5.41) is 14.9. The highest BCUT2D eigenvalue weighted by molar-refractivity contribution is 5.97. The maximum absolute atomic E-state index is 11.7. The second-order valence-electron chi connectivity index (χ2n) is 5.00. The van der Waals surface area contributed by atoms with Crippen LogP contribution >= 0.6 is 0 Å². The molecule has 1 aromatic carbocycles. The van der Waals surface area contributed by atoms with Gasteiger partial charge in [-0.05, 0) is 5.56 Å². The smallest absolute Gasteiger partial charge is 0.269 e. The molecular formula is C14H16N4O2. The van der Waals surface area contributed by atoms with Crippen molar-refractivity contribution >= 4 is 11.7 Å². The van der Waals surface area contributed by atoms with Crippen LogP contribution in [0, 0.1) is 0 Å². The molecule has 1 aliphatic heterocycles. The molecular weight excluding hydrogens is 256 g/mol. The predicted octanol–water partition coefficient (Wildman–Crippen LogP) is 0.617. The number of hydrogen-bond acceptors (Lipinski definition) is 4. The van der Waals surface area contributed by atoms with Crippen LogP contribution in [0.2, 0.25) is 0 Å². The van der Waals surface area contributed by atoms with Crippen molar-refractivity contribution < 1.29 is 10.0 Å². The SMILES string of the molecule is Cn1nc(Cc2ccccc2)c2c1N(O)C(=O)[C@@H](N)C2. The zero-order chi connectivity index (χ0) is 14.3. The lowest BCUT2D eigenvalue weighted by atomic mass is 9.98. The Bertz CT molecular complexity index is 651. The zero-order valence-electron chi connectivity index (χ0n) is 11.2. The lowest BCUT2D eigenvalue weighted by Gasteiger charge is -2.25. The second kappa shape index (κ2) is 4.73. The number of carbonyl (C=O) groups excluding carboxylic acids is 1. The van der Waals surface area contributed by atoms with Crippen LogP contribution in [0.5, 0.6) is 0 Å². The minimum absolute atomic E-state index is 0.404. The highest BCUT2D eigenvalue weighted by Gasteiger charge is 2.34. The Kier molecular flexibility index (Phi) is 3.04. The first-order valence-corrected chi connectivity index (χ1v) is 6.45. The van der Waals surface area contributed by atoms with E-state index in [0.29, 0.717) is 23.7 Å². The third kappa shape index (κ3) is 1.99.